The highest BCUT2D eigenvalue weighted by atomic mass is 16.5. The Hall–Kier alpha value is -2.69. The van der Waals surface area contributed by atoms with Crippen LogP contribution >= 0.6 is 0 Å². The third-order valence-corrected chi connectivity index (χ3v) is 3.36. The minimum Gasteiger partial charge on any atom is -0.493 e. The summed E-state index contributed by atoms with van der Waals surface area (Å²) in [5.74, 6) is 1.39. The lowest BCUT2D eigenvalue weighted by molar-refractivity contribution is 0.0993. The second-order valence-corrected chi connectivity index (χ2v) is 4.61. The lowest BCUT2D eigenvalue weighted by atomic mass is 10.2. The summed E-state index contributed by atoms with van der Waals surface area (Å²) in [6.45, 7) is 0. The van der Waals surface area contributed by atoms with Crippen molar-refractivity contribution >= 4 is 11.6 Å². The summed E-state index contributed by atoms with van der Waals surface area (Å²) in [6.07, 6.45) is 0. The van der Waals surface area contributed by atoms with Gasteiger partial charge in [0.15, 0.2) is 11.5 Å². The number of nitrogens with zero attached hydrogens (tertiary/aromatic N) is 1. The fourth-order valence-electron chi connectivity index (χ4n) is 2.15. The highest BCUT2D eigenvalue weighted by molar-refractivity contribution is 6.06. The fourth-order valence-corrected chi connectivity index (χ4v) is 2.15. The first-order valence-electron chi connectivity index (χ1n) is 6.75. The number of anilines is 1. The molecule has 2 aromatic rings. The average Bonchev–Trinajstić information content (AvgIpc) is 2.59. The standard InChI is InChI=1S/C17H19NO4/c1-18(17(19)12-8-6-5-7-9-12)13-10-14(20-2)16(22-4)15(11-13)21-3/h5-11H,1-4H3. The molecule has 0 aliphatic heterocycles. The smallest absolute Gasteiger partial charge is 0.258 e. The third-order valence-electron chi connectivity index (χ3n) is 3.36. The molecule has 0 saturated carbocycles. The molecular formula is C17H19NO4. The van der Waals surface area contributed by atoms with Crippen molar-refractivity contribution in [1.29, 1.82) is 0 Å². The van der Waals surface area contributed by atoms with Crippen LogP contribution in [0.25, 0.3) is 0 Å². The van der Waals surface area contributed by atoms with Gasteiger partial charge in [-0.2, -0.15) is 0 Å². The van der Waals surface area contributed by atoms with E-state index in [1.165, 1.54) is 0 Å². The largest absolute Gasteiger partial charge is 0.493 e. The van der Waals surface area contributed by atoms with Crippen molar-refractivity contribution in [1.82, 2.24) is 0 Å². The van der Waals surface area contributed by atoms with E-state index in [0.717, 1.165) is 0 Å². The molecule has 5 heteroatoms. The summed E-state index contributed by atoms with van der Waals surface area (Å²) in [7, 11) is 6.33. The maximum absolute atomic E-state index is 12.5. The molecule has 0 unspecified atom stereocenters. The van der Waals surface area contributed by atoms with E-state index in [0.29, 0.717) is 28.5 Å². The van der Waals surface area contributed by atoms with E-state index in [1.54, 1.807) is 57.5 Å². The van der Waals surface area contributed by atoms with E-state index in [9.17, 15) is 4.79 Å². The molecule has 0 aromatic heterocycles. The number of carbonyl (C=O) groups excluding carboxylic acids is 1. The number of amides is 1. The van der Waals surface area contributed by atoms with E-state index in [2.05, 4.69) is 0 Å². The van der Waals surface area contributed by atoms with Gasteiger partial charge >= 0.3 is 0 Å². The lowest BCUT2D eigenvalue weighted by Gasteiger charge is -2.20. The highest BCUT2D eigenvalue weighted by Crippen LogP contribution is 2.40. The Labute approximate surface area is 130 Å². The van der Waals surface area contributed by atoms with Crippen molar-refractivity contribution in [2.45, 2.75) is 0 Å². The molecule has 0 heterocycles. The van der Waals surface area contributed by atoms with Crippen LogP contribution in [0.3, 0.4) is 0 Å². The number of rotatable bonds is 5. The normalized spacial score (nSPS) is 10.0. The number of hydrogen-bond donors (Lipinski definition) is 0. The van der Waals surface area contributed by atoms with Gasteiger partial charge in [0.05, 0.1) is 27.0 Å². The first kappa shape index (κ1) is 15.7. The van der Waals surface area contributed by atoms with Crippen molar-refractivity contribution in [2.24, 2.45) is 0 Å². The number of hydrogen-bond acceptors (Lipinski definition) is 4. The van der Waals surface area contributed by atoms with Crippen LogP contribution in [-0.2, 0) is 0 Å². The van der Waals surface area contributed by atoms with E-state index >= 15 is 0 Å². The molecule has 2 rings (SSSR count). The van der Waals surface area contributed by atoms with Gasteiger partial charge in [0.25, 0.3) is 5.91 Å². The van der Waals surface area contributed by atoms with Crippen molar-refractivity contribution in [2.75, 3.05) is 33.3 Å². The average molecular weight is 301 g/mol. The number of benzene rings is 2. The van der Waals surface area contributed by atoms with Gasteiger partial charge in [-0.15, -0.1) is 0 Å². The SMILES string of the molecule is COc1cc(N(C)C(=O)c2ccccc2)cc(OC)c1OC. The maximum atomic E-state index is 12.5. The number of carbonyl (C=O) groups is 1. The van der Waals surface area contributed by atoms with E-state index in [4.69, 9.17) is 14.2 Å². The Morgan fingerprint density at radius 2 is 1.45 bits per heavy atom. The summed E-state index contributed by atoms with van der Waals surface area (Å²) < 4.78 is 15.9. The molecule has 2 aromatic carbocycles. The van der Waals surface area contributed by atoms with E-state index in [1.807, 2.05) is 18.2 Å². The molecule has 0 spiro atoms. The van der Waals surface area contributed by atoms with Gasteiger partial charge in [-0.05, 0) is 12.1 Å². The van der Waals surface area contributed by atoms with Crippen LogP contribution in [0.5, 0.6) is 17.2 Å². The van der Waals surface area contributed by atoms with Crippen molar-refractivity contribution in [3.8, 4) is 17.2 Å². The first-order valence-corrected chi connectivity index (χ1v) is 6.75. The van der Waals surface area contributed by atoms with E-state index in [-0.39, 0.29) is 5.91 Å². The topological polar surface area (TPSA) is 48.0 Å². The molecule has 0 aliphatic rings. The molecule has 0 radical (unpaired) electrons. The molecule has 0 aliphatic carbocycles. The van der Waals surface area contributed by atoms with Gasteiger partial charge in [0.1, 0.15) is 0 Å². The Morgan fingerprint density at radius 3 is 1.91 bits per heavy atom. The zero-order valence-electron chi connectivity index (χ0n) is 13.1. The second kappa shape index (κ2) is 6.85. The van der Waals surface area contributed by atoms with Crippen LogP contribution in [0.2, 0.25) is 0 Å². The van der Waals surface area contributed by atoms with Crippen molar-refractivity contribution in [3.05, 3.63) is 48.0 Å². The molecule has 116 valence electrons. The quantitative estimate of drug-likeness (QED) is 0.852. The summed E-state index contributed by atoms with van der Waals surface area (Å²) in [5, 5.41) is 0. The molecule has 22 heavy (non-hydrogen) atoms. The van der Waals surface area contributed by atoms with Crippen LogP contribution < -0.4 is 19.1 Å². The van der Waals surface area contributed by atoms with Crippen molar-refractivity contribution < 1.29 is 19.0 Å². The van der Waals surface area contributed by atoms with Gasteiger partial charge in [-0.3, -0.25) is 4.79 Å². The monoisotopic (exact) mass is 301 g/mol. The molecular weight excluding hydrogens is 282 g/mol. The second-order valence-electron chi connectivity index (χ2n) is 4.61. The molecule has 0 N–H and O–H groups in total. The number of ether oxygens (including phenoxy) is 3. The van der Waals surface area contributed by atoms with Crippen LogP contribution in [0.15, 0.2) is 42.5 Å². The zero-order valence-corrected chi connectivity index (χ0v) is 13.1. The van der Waals surface area contributed by atoms with Gasteiger partial charge < -0.3 is 19.1 Å². The summed E-state index contributed by atoms with van der Waals surface area (Å²) in [5.41, 5.74) is 1.27. The summed E-state index contributed by atoms with van der Waals surface area (Å²) in [4.78, 5) is 14.1. The maximum Gasteiger partial charge on any atom is 0.258 e. The minimum absolute atomic E-state index is 0.116. The number of methoxy groups -OCH3 is 3. The van der Waals surface area contributed by atoms with Crippen LogP contribution in [0.4, 0.5) is 5.69 Å². The molecule has 0 bridgehead atoms. The van der Waals surface area contributed by atoms with Crippen LogP contribution in [0, 0.1) is 0 Å². The Bertz CT molecular complexity index is 630. The molecule has 0 fully saturated rings. The Balaban J connectivity index is 2.41. The van der Waals surface area contributed by atoms with Gasteiger partial charge in [-0.1, -0.05) is 18.2 Å². The molecule has 0 atom stereocenters. The van der Waals surface area contributed by atoms with Crippen molar-refractivity contribution in [3.63, 3.8) is 0 Å². The minimum atomic E-state index is -0.116. The predicted molar refractivity (Wildman–Crippen MR) is 85.3 cm³/mol. The molecule has 0 saturated heterocycles. The fraction of sp³-hybridized carbons (Fsp3) is 0.235. The Kier molecular flexibility index (Phi) is 4.88. The summed E-state index contributed by atoms with van der Waals surface area (Å²) >= 11 is 0. The van der Waals surface area contributed by atoms with Gasteiger partial charge in [0, 0.05) is 24.7 Å². The van der Waals surface area contributed by atoms with Crippen LogP contribution in [-0.4, -0.2) is 34.3 Å². The van der Waals surface area contributed by atoms with Gasteiger partial charge in [-0.25, -0.2) is 0 Å². The van der Waals surface area contributed by atoms with Crippen LogP contribution in [0.1, 0.15) is 10.4 Å². The molecule has 5 nitrogen and oxygen atoms in total. The van der Waals surface area contributed by atoms with E-state index < -0.39 is 0 Å². The third kappa shape index (κ3) is 2.98. The zero-order chi connectivity index (χ0) is 16.1. The highest BCUT2D eigenvalue weighted by Gasteiger charge is 2.19. The summed E-state index contributed by atoms with van der Waals surface area (Å²) in [6, 6.07) is 12.6. The predicted octanol–water partition coefficient (Wildman–Crippen LogP) is 2.99. The Morgan fingerprint density at radius 1 is 0.909 bits per heavy atom. The molecule has 1 amide bonds. The lowest BCUT2D eigenvalue weighted by Crippen LogP contribution is -2.26. The van der Waals surface area contributed by atoms with Gasteiger partial charge in [0.2, 0.25) is 5.75 Å². The first-order chi connectivity index (χ1) is 10.6.